The summed E-state index contributed by atoms with van der Waals surface area (Å²) in [6.07, 6.45) is 1.27. The van der Waals surface area contributed by atoms with E-state index >= 15 is 0 Å². The summed E-state index contributed by atoms with van der Waals surface area (Å²) in [6, 6.07) is 6.88. The van der Waals surface area contributed by atoms with E-state index in [0.717, 1.165) is 8.95 Å². The van der Waals surface area contributed by atoms with Gasteiger partial charge in [-0.25, -0.2) is 0 Å². The smallest absolute Gasteiger partial charge is 0.0487 e. The third kappa shape index (κ3) is 2.67. The molecule has 0 aliphatic carbocycles. The number of benzene rings is 1. The molecule has 1 nitrogen and oxygen atoms in total. The van der Waals surface area contributed by atoms with Crippen LogP contribution in [0.25, 0.3) is 0 Å². The Hall–Kier alpha value is 0.330. The van der Waals surface area contributed by atoms with Crippen LogP contribution in [-0.2, 0) is 0 Å². The SMILES string of the molecule is Brc1ccc(NC2CCSC2)c(Br)c1. The Morgan fingerprint density at radius 2 is 2.21 bits per heavy atom. The molecule has 76 valence electrons. The number of hydrogen-bond acceptors (Lipinski definition) is 2. The van der Waals surface area contributed by atoms with Gasteiger partial charge in [-0.2, -0.15) is 11.8 Å². The molecule has 0 radical (unpaired) electrons. The zero-order valence-corrected chi connectivity index (χ0v) is 11.6. The molecule has 1 unspecified atom stereocenters. The van der Waals surface area contributed by atoms with Gasteiger partial charge in [0.25, 0.3) is 0 Å². The van der Waals surface area contributed by atoms with Gasteiger partial charge >= 0.3 is 0 Å². The van der Waals surface area contributed by atoms with Gasteiger partial charge in [-0.15, -0.1) is 0 Å². The van der Waals surface area contributed by atoms with E-state index in [1.54, 1.807) is 0 Å². The van der Waals surface area contributed by atoms with Crippen molar-refractivity contribution in [3.8, 4) is 0 Å². The topological polar surface area (TPSA) is 12.0 Å². The molecule has 1 N–H and O–H groups in total. The largest absolute Gasteiger partial charge is 0.381 e. The van der Waals surface area contributed by atoms with Crippen molar-refractivity contribution in [2.24, 2.45) is 0 Å². The van der Waals surface area contributed by atoms with Crippen LogP contribution in [0.4, 0.5) is 5.69 Å². The number of hydrogen-bond donors (Lipinski definition) is 1. The zero-order chi connectivity index (χ0) is 9.97. The summed E-state index contributed by atoms with van der Waals surface area (Å²) >= 11 is 9.03. The number of rotatable bonds is 2. The summed E-state index contributed by atoms with van der Waals surface area (Å²) in [6.45, 7) is 0. The van der Waals surface area contributed by atoms with Crippen molar-refractivity contribution in [3.63, 3.8) is 0 Å². The Morgan fingerprint density at radius 1 is 1.36 bits per heavy atom. The molecule has 2 rings (SSSR count). The first-order valence-electron chi connectivity index (χ1n) is 4.55. The molecule has 4 heteroatoms. The summed E-state index contributed by atoms with van der Waals surface area (Å²) in [5.74, 6) is 2.51. The molecule has 1 aromatic carbocycles. The molecular formula is C10H11Br2NS. The molecule has 0 spiro atoms. The maximum Gasteiger partial charge on any atom is 0.0487 e. The van der Waals surface area contributed by atoms with E-state index in [4.69, 9.17) is 0 Å². The molecule has 0 aromatic heterocycles. The molecule has 1 saturated heterocycles. The average molecular weight is 337 g/mol. The predicted octanol–water partition coefficient (Wildman–Crippen LogP) is 4.13. The second kappa shape index (κ2) is 4.90. The molecule has 0 amide bonds. The molecule has 1 aliphatic heterocycles. The maximum absolute atomic E-state index is 3.56. The van der Waals surface area contributed by atoms with Crippen LogP contribution in [-0.4, -0.2) is 17.5 Å². The van der Waals surface area contributed by atoms with Gasteiger partial charge in [0, 0.05) is 26.4 Å². The van der Waals surface area contributed by atoms with E-state index in [1.165, 1.54) is 23.6 Å². The third-order valence-electron chi connectivity index (χ3n) is 2.22. The van der Waals surface area contributed by atoms with E-state index in [2.05, 4.69) is 55.4 Å². The number of halogens is 2. The predicted molar refractivity (Wildman–Crippen MR) is 71.2 cm³/mol. The number of nitrogens with one attached hydrogen (secondary N) is 1. The van der Waals surface area contributed by atoms with Crippen molar-refractivity contribution in [1.82, 2.24) is 0 Å². The lowest BCUT2D eigenvalue weighted by atomic mass is 10.2. The Balaban J connectivity index is 2.08. The average Bonchev–Trinajstić information content (AvgIpc) is 2.62. The third-order valence-corrected chi connectivity index (χ3v) is 4.53. The highest BCUT2D eigenvalue weighted by Gasteiger charge is 2.15. The first-order chi connectivity index (χ1) is 6.75. The lowest BCUT2D eigenvalue weighted by Gasteiger charge is -2.14. The van der Waals surface area contributed by atoms with E-state index in [-0.39, 0.29) is 0 Å². The van der Waals surface area contributed by atoms with Gasteiger partial charge in [0.2, 0.25) is 0 Å². The van der Waals surface area contributed by atoms with Gasteiger partial charge in [0.05, 0.1) is 0 Å². The van der Waals surface area contributed by atoms with E-state index < -0.39 is 0 Å². The van der Waals surface area contributed by atoms with Crippen LogP contribution in [0.1, 0.15) is 6.42 Å². The van der Waals surface area contributed by atoms with Crippen LogP contribution < -0.4 is 5.32 Å². The molecule has 14 heavy (non-hydrogen) atoms. The molecule has 1 aliphatic rings. The van der Waals surface area contributed by atoms with Crippen molar-refractivity contribution in [1.29, 1.82) is 0 Å². The lowest BCUT2D eigenvalue weighted by molar-refractivity contribution is 0.812. The van der Waals surface area contributed by atoms with Crippen LogP contribution in [0.2, 0.25) is 0 Å². The molecule has 1 heterocycles. The second-order valence-electron chi connectivity index (χ2n) is 3.33. The fraction of sp³-hybridized carbons (Fsp3) is 0.400. The van der Waals surface area contributed by atoms with Crippen LogP contribution in [0, 0.1) is 0 Å². The minimum atomic E-state index is 0.637. The Bertz CT molecular complexity index is 324. The number of thioether (sulfide) groups is 1. The zero-order valence-electron chi connectivity index (χ0n) is 7.59. The van der Waals surface area contributed by atoms with Gasteiger partial charge in [-0.3, -0.25) is 0 Å². The standard InChI is InChI=1S/C10H11Br2NS/c11-7-1-2-10(9(12)5-7)13-8-3-4-14-6-8/h1-2,5,8,13H,3-4,6H2. The highest BCUT2D eigenvalue weighted by atomic mass is 79.9. The maximum atomic E-state index is 3.56. The monoisotopic (exact) mass is 335 g/mol. The van der Waals surface area contributed by atoms with Gasteiger partial charge in [0.1, 0.15) is 0 Å². The quantitative estimate of drug-likeness (QED) is 0.871. The van der Waals surface area contributed by atoms with Gasteiger partial charge < -0.3 is 5.32 Å². The van der Waals surface area contributed by atoms with E-state index in [9.17, 15) is 0 Å². The molecule has 0 bridgehead atoms. The molecule has 1 fully saturated rings. The van der Waals surface area contributed by atoms with Crippen LogP contribution >= 0.6 is 43.6 Å². The number of anilines is 1. The van der Waals surface area contributed by atoms with Crippen molar-refractivity contribution in [2.45, 2.75) is 12.5 Å². The summed E-state index contributed by atoms with van der Waals surface area (Å²) in [4.78, 5) is 0. The lowest BCUT2D eigenvalue weighted by Crippen LogP contribution is -2.18. The fourth-order valence-electron chi connectivity index (χ4n) is 1.47. The first kappa shape index (κ1) is 10.8. The Labute approximate surface area is 105 Å². The Kier molecular flexibility index (Phi) is 3.79. The summed E-state index contributed by atoms with van der Waals surface area (Å²) < 4.78 is 2.24. The van der Waals surface area contributed by atoms with Gasteiger partial charge in [-0.1, -0.05) is 15.9 Å². The van der Waals surface area contributed by atoms with Gasteiger partial charge in [0.15, 0.2) is 0 Å². The molecular weight excluding hydrogens is 326 g/mol. The summed E-state index contributed by atoms with van der Waals surface area (Å²) in [7, 11) is 0. The normalized spacial score (nSPS) is 21.1. The minimum absolute atomic E-state index is 0.637. The molecule has 1 aromatic rings. The van der Waals surface area contributed by atoms with E-state index in [1.807, 2.05) is 11.8 Å². The van der Waals surface area contributed by atoms with Crippen molar-refractivity contribution >= 4 is 49.3 Å². The molecule has 0 saturated carbocycles. The summed E-state index contributed by atoms with van der Waals surface area (Å²) in [5, 5.41) is 3.55. The van der Waals surface area contributed by atoms with Crippen LogP contribution in [0.5, 0.6) is 0 Å². The van der Waals surface area contributed by atoms with Crippen molar-refractivity contribution in [2.75, 3.05) is 16.8 Å². The van der Waals surface area contributed by atoms with Crippen LogP contribution in [0.3, 0.4) is 0 Å². The fourth-order valence-corrected chi connectivity index (χ4v) is 3.79. The minimum Gasteiger partial charge on any atom is -0.381 e. The van der Waals surface area contributed by atoms with Gasteiger partial charge in [-0.05, 0) is 46.3 Å². The van der Waals surface area contributed by atoms with E-state index in [0.29, 0.717) is 6.04 Å². The first-order valence-corrected chi connectivity index (χ1v) is 7.29. The second-order valence-corrected chi connectivity index (χ2v) is 6.25. The molecule has 1 atom stereocenters. The van der Waals surface area contributed by atoms with Crippen molar-refractivity contribution in [3.05, 3.63) is 27.1 Å². The van der Waals surface area contributed by atoms with Crippen LogP contribution in [0.15, 0.2) is 27.1 Å². The van der Waals surface area contributed by atoms with Crippen molar-refractivity contribution < 1.29 is 0 Å². The highest BCUT2D eigenvalue weighted by molar-refractivity contribution is 9.11. The highest BCUT2D eigenvalue weighted by Crippen LogP contribution is 2.29. The Morgan fingerprint density at radius 3 is 2.86 bits per heavy atom. The summed E-state index contributed by atoms with van der Waals surface area (Å²) in [5.41, 5.74) is 1.20.